The van der Waals surface area contributed by atoms with Gasteiger partial charge in [-0.05, 0) is 36.5 Å². The number of alkyl halides is 3. The number of benzene rings is 1. The van der Waals surface area contributed by atoms with Crippen molar-refractivity contribution in [3.05, 3.63) is 40.4 Å². The van der Waals surface area contributed by atoms with Crippen LogP contribution in [-0.4, -0.2) is 11.8 Å². The lowest BCUT2D eigenvalue weighted by Gasteiger charge is -2.19. The molecule has 2 aliphatic carbocycles. The molecule has 1 aromatic rings. The number of carbonyl (C=O) groups is 2. The highest BCUT2D eigenvalue weighted by atomic mass is 79.9. The molecule has 1 aliphatic heterocycles. The zero-order valence-corrected chi connectivity index (χ0v) is 13.3. The Morgan fingerprint density at radius 2 is 1.61 bits per heavy atom. The number of fused-ring (bicyclic) bond motifs is 5. The summed E-state index contributed by atoms with van der Waals surface area (Å²) in [4.78, 5) is 26.2. The van der Waals surface area contributed by atoms with Crippen LogP contribution in [0.25, 0.3) is 0 Å². The Kier molecular flexibility index (Phi) is 3.04. The van der Waals surface area contributed by atoms with Crippen LogP contribution in [0.1, 0.15) is 12.0 Å². The fourth-order valence-corrected chi connectivity index (χ4v) is 4.50. The zero-order chi connectivity index (χ0) is 16.5. The summed E-state index contributed by atoms with van der Waals surface area (Å²) >= 11 is 2.86. The van der Waals surface area contributed by atoms with Gasteiger partial charge in [0.2, 0.25) is 11.8 Å². The van der Waals surface area contributed by atoms with Gasteiger partial charge in [0.05, 0.1) is 23.1 Å². The van der Waals surface area contributed by atoms with E-state index in [0.29, 0.717) is 0 Å². The molecule has 1 aromatic carbocycles. The van der Waals surface area contributed by atoms with Crippen LogP contribution in [0.5, 0.6) is 0 Å². The van der Waals surface area contributed by atoms with Gasteiger partial charge in [0, 0.05) is 4.47 Å². The molecule has 2 amide bonds. The van der Waals surface area contributed by atoms with Crippen LogP contribution >= 0.6 is 15.9 Å². The Balaban J connectivity index is 1.75. The third-order valence-electron chi connectivity index (χ3n) is 4.98. The van der Waals surface area contributed by atoms with Crippen molar-refractivity contribution in [2.75, 3.05) is 4.90 Å². The summed E-state index contributed by atoms with van der Waals surface area (Å²) in [6.07, 6.45) is 0.123. The molecule has 2 fully saturated rings. The Labute approximate surface area is 138 Å². The van der Waals surface area contributed by atoms with E-state index in [9.17, 15) is 22.8 Å². The molecule has 1 saturated heterocycles. The van der Waals surface area contributed by atoms with E-state index in [1.165, 1.54) is 12.1 Å². The van der Waals surface area contributed by atoms with Gasteiger partial charge in [-0.3, -0.25) is 14.5 Å². The lowest BCUT2D eigenvalue weighted by atomic mass is 9.85. The largest absolute Gasteiger partial charge is 0.417 e. The molecule has 0 radical (unpaired) electrons. The first kappa shape index (κ1) is 14.9. The molecule has 7 heteroatoms. The van der Waals surface area contributed by atoms with Gasteiger partial charge < -0.3 is 0 Å². The van der Waals surface area contributed by atoms with E-state index >= 15 is 0 Å². The van der Waals surface area contributed by atoms with Crippen molar-refractivity contribution in [2.24, 2.45) is 23.7 Å². The molecule has 4 rings (SSSR count). The maximum absolute atomic E-state index is 13.0. The van der Waals surface area contributed by atoms with Gasteiger partial charge in [0.1, 0.15) is 0 Å². The van der Waals surface area contributed by atoms with Gasteiger partial charge in [-0.25, -0.2) is 0 Å². The highest BCUT2D eigenvalue weighted by molar-refractivity contribution is 9.10. The van der Waals surface area contributed by atoms with E-state index in [1.807, 2.05) is 12.2 Å². The molecular weight excluding hydrogens is 375 g/mol. The predicted molar refractivity (Wildman–Crippen MR) is 79.4 cm³/mol. The van der Waals surface area contributed by atoms with Gasteiger partial charge in [0.25, 0.3) is 0 Å². The van der Waals surface area contributed by atoms with E-state index in [1.54, 1.807) is 0 Å². The summed E-state index contributed by atoms with van der Waals surface area (Å²) in [6.45, 7) is 0. The van der Waals surface area contributed by atoms with E-state index in [-0.39, 0.29) is 33.8 Å². The molecule has 0 N–H and O–H groups in total. The van der Waals surface area contributed by atoms with Crippen LogP contribution in [0, 0.1) is 23.7 Å². The molecule has 3 nitrogen and oxygen atoms in total. The minimum atomic E-state index is -4.56. The lowest BCUT2D eigenvalue weighted by molar-refractivity contribution is -0.138. The number of anilines is 1. The number of hydrogen-bond donors (Lipinski definition) is 0. The molecule has 0 spiro atoms. The third kappa shape index (κ3) is 2.02. The smallest absolute Gasteiger partial charge is 0.274 e. The van der Waals surface area contributed by atoms with Gasteiger partial charge >= 0.3 is 6.18 Å². The van der Waals surface area contributed by atoms with E-state index in [0.717, 1.165) is 17.4 Å². The second-order valence-electron chi connectivity index (χ2n) is 6.17. The van der Waals surface area contributed by atoms with Gasteiger partial charge in [-0.2, -0.15) is 13.2 Å². The molecule has 3 aliphatic rings. The summed E-state index contributed by atoms with van der Waals surface area (Å²) in [5.74, 6) is -1.54. The minimum absolute atomic E-state index is 0.00988. The Morgan fingerprint density at radius 1 is 1.04 bits per heavy atom. The minimum Gasteiger partial charge on any atom is -0.274 e. The van der Waals surface area contributed by atoms with Crippen molar-refractivity contribution in [1.29, 1.82) is 0 Å². The van der Waals surface area contributed by atoms with Gasteiger partial charge in [0.15, 0.2) is 0 Å². The van der Waals surface area contributed by atoms with Crippen LogP contribution < -0.4 is 4.90 Å². The Hall–Kier alpha value is -1.63. The molecule has 23 heavy (non-hydrogen) atoms. The second kappa shape index (κ2) is 4.69. The zero-order valence-electron chi connectivity index (χ0n) is 11.7. The number of halogens is 4. The average molecular weight is 386 g/mol. The molecule has 2 bridgehead atoms. The first-order chi connectivity index (χ1) is 10.8. The third-order valence-corrected chi connectivity index (χ3v) is 5.68. The maximum atomic E-state index is 13.0. The SMILES string of the molecule is O=C1[C@@H]2C3C=CC(C3)[C@@H]2C(=O)N1c1ccc(Br)c(C(F)(F)F)c1. The van der Waals surface area contributed by atoms with Gasteiger partial charge in [-0.15, -0.1) is 0 Å². The van der Waals surface area contributed by atoms with Gasteiger partial charge in [-0.1, -0.05) is 28.1 Å². The van der Waals surface area contributed by atoms with Crippen molar-refractivity contribution in [1.82, 2.24) is 0 Å². The Bertz CT molecular complexity index is 728. The molecule has 120 valence electrons. The molecule has 1 heterocycles. The number of carbonyl (C=O) groups excluding carboxylic acids is 2. The quantitative estimate of drug-likeness (QED) is 0.544. The topological polar surface area (TPSA) is 37.4 Å². The van der Waals surface area contributed by atoms with Crippen LogP contribution in [0.2, 0.25) is 0 Å². The number of nitrogens with zero attached hydrogens (tertiary/aromatic N) is 1. The van der Waals surface area contributed by atoms with E-state index in [4.69, 9.17) is 0 Å². The maximum Gasteiger partial charge on any atom is 0.417 e. The van der Waals surface area contributed by atoms with Crippen molar-refractivity contribution in [2.45, 2.75) is 12.6 Å². The molecule has 2 unspecified atom stereocenters. The predicted octanol–water partition coefficient (Wildman–Crippen LogP) is 3.78. The summed E-state index contributed by atoms with van der Waals surface area (Å²) in [5, 5.41) is 0. The average Bonchev–Trinajstić information content (AvgIpc) is 3.13. The highest BCUT2D eigenvalue weighted by Gasteiger charge is 2.59. The summed E-state index contributed by atoms with van der Waals surface area (Å²) in [7, 11) is 0. The number of allylic oxidation sites excluding steroid dienone is 2. The summed E-state index contributed by atoms with van der Waals surface area (Å²) in [6, 6.07) is 3.45. The normalized spacial score (nSPS) is 32.1. The van der Waals surface area contributed by atoms with Crippen molar-refractivity contribution < 1.29 is 22.8 Å². The summed E-state index contributed by atoms with van der Waals surface area (Å²) < 4.78 is 39.0. The van der Waals surface area contributed by atoms with Crippen LogP contribution in [-0.2, 0) is 15.8 Å². The standard InChI is InChI=1S/C16H11BrF3NO2/c17-11-4-3-9(6-10(11)16(18,19)20)21-14(22)12-7-1-2-8(5-7)13(12)15(21)23/h1-4,6-8,12-13H,5H2/t7?,8?,12-,13+. The first-order valence-electron chi connectivity index (χ1n) is 7.22. The number of amides is 2. The van der Waals surface area contributed by atoms with Crippen LogP contribution in [0.4, 0.5) is 18.9 Å². The lowest BCUT2D eigenvalue weighted by Crippen LogP contribution is -2.33. The monoisotopic (exact) mass is 385 g/mol. The van der Waals surface area contributed by atoms with Crippen molar-refractivity contribution >= 4 is 33.4 Å². The van der Waals surface area contributed by atoms with Crippen LogP contribution in [0.3, 0.4) is 0 Å². The molecule has 0 aromatic heterocycles. The van der Waals surface area contributed by atoms with E-state index < -0.39 is 23.6 Å². The highest BCUT2D eigenvalue weighted by Crippen LogP contribution is 2.53. The summed E-state index contributed by atoms with van der Waals surface area (Å²) in [5.41, 5.74) is -0.905. The Morgan fingerprint density at radius 3 is 2.13 bits per heavy atom. The second-order valence-corrected chi connectivity index (χ2v) is 7.03. The molecule has 1 saturated carbocycles. The first-order valence-corrected chi connectivity index (χ1v) is 8.01. The van der Waals surface area contributed by atoms with E-state index in [2.05, 4.69) is 15.9 Å². The molecule has 4 atom stereocenters. The number of rotatable bonds is 1. The van der Waals surface area contributed by atoms with Crippen molar-refractivity contribution in [3.8, 4) is 0 Å². The van der Waals surface area contributed by atoms with Crippen molar-refractivity contribution in [3.63, 3.8) is 0 Å². The number of imide groups is 1. The molecular formula is C16H11BrF3NO2. The number of hydrogen-bond acceptors (Lipinski definition) is 2. The van der Waals surface area contributed by atoms with Crippen LogP contribution in [0.15, 0.2) is 34.8 Å². The fourth-order valence-electron chi connectivity index (χ4n) is 4.03. The fraction of sp³-hybridized carbons (Fsp3) is 0.375.